The molecule has 0 amide bonds. The fourth-order valence-electron chi connectivity index (χ4n) is 1.08. The molecule has 0 saturated carbocycles. The highest BCUT2D eigenvalue weighted by atomic mass is 16.5. The molecule has 80 valence electrons. The van der Waals surface area contributed by atoms with Gasteiger partial charge >= 0.3 is 11.9 Å². The zero-order valence-corrected chi connectivity index (χ0v) is 7.72. The highest BCUT2D eigenvalue weighted by Crippen LogP contribution is 2.27. The van der Waals surface area contributed by atoms with E-state index >= 15 is 0 Å². The lowest BCUT2D eigenvalue weighted by Crippen LogP contribution is -2.04. The van der Waals surface area contributed by atoms with Crippen LogP contribution < -0.4 is 4.74 Å². The molecule has 6 nitrogen and oxygen atoms in total. The second-order valence-corrected chi connectivity index (χ2v) is 2.68. The highest BCUT2D eigenvalue weighted by molar-refractivity contribution is 5.96. The molecule has 0 saturated heterocycles. The Labute approximate surface area is 84.3 Å². The summed E-state index contributed by atoms with van der Waals surface area (Å²) in [5, 5.41) is 26.6. The lowest BCUT2D eigenvalue weighted by Gasteiger charge is -2.07. The predicted molar refractivity (Wildman–Crippen MR) is 48.6 cm³/mol. The van der Waals surface area contributed by atoms with Gasteiger partial charge in [-0.15, -0.1) is 0 Å². The average Bonchev–Trinajstić information content (AvgIpc) is 2.16. The normalized spacial score (nSPS) is 9.67. The van der Waals surface area contributed by atoms with Crippen LogP contribution in [0.25, 0.3) is 0 Å². The van der Waals surface area contributed by atoms with Gasteiger partial charge in [0, 0.05) is 0 Å². The number of hydrogen-bond donors (Lipinski definition) is 3. The monoisotopic (exact) mass is 212 g/mol. The maximum absolute atomic E-state index is 10.7. The van der Waals surface area contributed by atoms with Crippen LogP contribution in [0.3, 0.4) is 0 Å². The third kappa shape index (κ3) is 1.98. The van der Waals surface area contributed by atoms with Crippen LogP contribution in [0, 0.1) is 0 Å². The summed E-state index contributed by atoms with van der Waals surface area (Å²) in [6.07, 6.45) is 0. The quantitative estimate of drug-likeness (QED) is 0.684. The van der Waals surface area contributed by atoms with Crippen molar-refractivity contribution in [2.24, 2.45) is 0 Å². The number of benzene rings is 1. The third-order valence-electron chi connectivity index (χ3n) is 1.78. The van der Waals surface area contributed by atoms with Crippen molar-refractivity contribution in [1.82, 2.24) is 0 Å². The van der Waals surface area contributed by atoms with E-state index in [0.717, 1.165) is 12.1 Å². The van der Waals surface area contributed by atoms with E-state index in [1.165, 1.54) is 7.11 Å². The van der Waals surface area contributed by atoms with Gasteiger partial charge in [-0.05, 0) is 12.1 Å². The second kappa shape index (κ2) is 3.87. The van der Waals surface area contributed by atoms with Crippen LogP contribution in [0.15, 0.2) is 12.1 Å². The summed E-state index contributed by atoms with van der Waals surface area (Å²) in [7, 11) is 1.21. The molecular weight excluding hydrogens is 204 g/mol. The molecule has 0 aliphatic rings. The Morgan fingerprint density at radius 1 is 1.13 bits per heavy atom. The number of methoxy groups -OCH3 is 1. The van der Waals surface area contributed by atoms with Gasteiger partial charge in [0.25, 0.3) is 0 Å². The Hall–Kier alpha value is -2.24. The molecule has 0 spiro atoms. The number of carboxylic acid groups (broad SMARTS) is 2. The second-order valence-electron chi connectivity index (χ2n) is 2.68. The Morgan fingerprint density at radius 3 is 2.07 bits per heavy atom. The molecule has 0 aliphatic heterocycles. The van der Waals surface area contributed by atoms with Gasteiger partial charge in [0.1, 0.15) is 22.6 Å². The summed E-state index contributed by atoms with van der Waals surface area (Å²) in [5.74, 6) is -3.39. The van der Waals surface area contributed by atoms with Crippen LogP contribution in [0.5, 0.6) is 11.5 Å². The van der Waals surface area contributed by atoms with Crippen molar-refractivity contribution in [3.8, 4) is 11.5 Å². The van der Waals surface area contributed by atoms with Crippen LogP contribution in [0.2, 0.25) is 0 Å². The third-order valence-corrected chi connectivity index (χ3v) is 1.78. The van der Waals surface area contributed by atoms with Gasteiger partial charge in [0.05, 0.1) is 7.11 Å². The summed E-state index contributed by atoms with van der Waals surface area (Å²) >= 11 is 0. The van der Waals surface area contributed by atoms with Crippen molar-refractivity contribution < 1.29 is 29.6 Å². The van der Waals surface area contributed by atoms with Crippen molar-refractivity contribution in [3.05, 3.63) is 23.3 Å². The Bertz CT molecular complexity index is 423. The van der Waals surface area contributed by atoms with Crippen molar-refractivity contribution in [2.75, 3.05) is 7.11 Å². The number of carbonyl (C=O) groups is 2. The van der Waals surface area contributed by atoms with Crippen molar-refractivity contribution in [3.63, 3.8) is 0 Å². The molecule has 1 aromatic carbocycles. The predicted octanol–water partition coefficient (Wildman–Crippen LogP) is 0.797. The minimum absolute atomic E-state index is 0.113. The van der Waals surface area contributed by atoms with Gasteiger partial charge in [-0.1, -0.05) is 0 Å². The lowest BCUT2D eigenvalue weighted by atomic mass is 10.1. The fraction of sp³-hybridized carbons (Fsp3) is 0.111. The maximum atomic E-state index is 10.7. The van der Waals surface area contributed by atoms with Gasteiger partial charge in [0.2, 0.25) is 0 Å². The molecule has 0 fully saturated rings. The first-order chi connectivity index (χ1) is 6.97. The van der Waals surface area contributed by atoms with E-state index in [1.54, 1.807) is 0 Å². The number of aromatic carboxylic acids is 2. The minimum Gasteiger partial charge on any atom is -0.507 e. The van der Waals surface area contributed by atoms with E-state index in [1.807, 2.05) is 0 Å². The molecule has 15 heavy (non-hydrogen) atoms. The van der Waals surface area contributed by atoms with Gasteiger partial charge in [-0.2, -0.15) is 0 Å². The molecule has 0 unspecified atom stereocenters. The number of rotatable bonds is 3. The van der Waals surface area contributed by atoms with Crippen LogP contribution in [0.4, 0.5) is 0 Å². The van der Waals surface area contributed by atoms with E-state index in [0.29, 0.717) is 0 Å². The Balaban J connectivity index is 3.42. The van der Waals surface area contributed by atoms with Crippen molar-refractivity contribution >= 4 is 11.9 Å². The lowest BCUT2D eigenvalue weighted by molar-refractivity contribution is 0.0675. The number of phenols is 1. The summed E-state index contributed by atoms with van der Waals surface area (Å²) in [6.45, 7) is 0. The maximum Gasteiger partial charge on any atom is 0.339 e. The number of carboxylic acids is 2. The fourth-order valence-corrected chi connectivity index (χ4v) is 1.08. The zero-order valence-electron chi connectivity index (χ0n) is 7.72. The Kier molecular flexibility index (Phi) is 2.80. The molecular formula is C9H8O6. The topological polar surface area (TPSA) is 104 Å². The molecule has 0 aromatic heterocycles. The van der Waals surface area contributed by atoms with E-state index < -0.39 is 23.3 Å². The van der Waals surface area contributed by atoms with Gasteiger partial charge in [-0.3, -0.25) is 0 Å². The molecule has 1 aromatic rings. The minimum atomic E-state index is -1.36. The smallest absolute Gasteiger partial charge is 0.339 e. The van der Waals surface area contributed by atoms with Crippen LogP contribution >= 0.6 is 0 Å². The van der Waals surface area contributed by atoms with Crippen LogP contribution in [-0.2, 0) is 0 Å². The molecule has 0 heterocycles. The SMILES string of the molecule is COc1cc(C(=O)O)c(O)cc1C(=O)O. The summed E-state index contributed by atoms with van der Waals surface area (Å²) < 4.78 is 4.70. The van der Waals surface area contributed by atoms with Crippen LogP contribution in [-0.4, -0.2) is 34.4 Å². The first-order valence-corrected chi connectivity index (χ1v) is 3.85. The van der Waals surface area contributed by atoms with E-state index in [-0.39, 0.29) is 11.3 Å². The van der Waals surface area contributed by atoms with Gasteiger partial charge in [0.15, 0.2) is 0 Å². The standard InChI is InChI=1S/C9H8O6/c1-15-7-3-4(8(11)12)6(10)2-5(7)9(13)14/h2-3,10H,1H3,(H,11,12)(H,13,14). The Morgan fingerprint density at radius 2 is 1.67 bits per heavy atom. The van der Waals surface area contributed by atoms with Gasteiger partial charge in [-0.25, -0.2) is 9.59 Å². The molecule has 0 bridgehead atoms. The summed E-state index contributed by atoms with van der Waals surface area (Å²) in [6, 6.07) is 1.80. The van der Waals surface area contributed by atoms with Crippen molar-refractivity contribution in [1.29, 1.82) is 0 Å². The van der Waals surface area contributed by atoms with E-state index in [2.05, 4.69) is 0 Å². The number of ether oxygens (including phenoxy) is 1. The van der Waals surface area contributed by atoms with Crippen molar-refractivity contribution in [2.45, 2.75) is 0 Å². The average molecular weight is 212 g/mol. The first-order valence-electron chi connectivity index (χ1n) is 3.85. The van der Waals surface area contributed by atoms with E-state index in [4.69, 9.17) is 14.9 Å². The number of aromatic hydroxyl groups is 1. The molecule has 1 rings (SSSR count). The largest absolute Gasteiger partial charge is 0.507 e. The highest BCUT2D eigenvalue weighted by Gasteiger charge is 2.18. The molecule has 6 heteroatoms. The molecule has 3 N–H and O–H groups in total. The molecule has 0 aliphatic carbocycles. The molecule has 0 atom stereocenters. The number of hydrogen-bond acceptors (Lipinski definition) is 4. The van der Waals surface area contributed by atoms with E-state index in [9.17, 15) is 14.7 Å². The summed E-state index contributed by atoms with van der Waals surface area (Å²) in [4.78, 5) is 21.3. The molecule has 0 radical (unpaired) electrons. The van der Waals surface area contributed by atoms with Gasteiger partial charge < -0.3 is 20.1 Å². The van der Waals surface area contributed by atoms with Crippen LogP contribution in [0.1, 0.15) is 20.7 Å². The summed E-state index contributed by atoms with van der Waals surface area (Å²) in [5.41, 5.74) is -0.697. The zero-order chi connectivity index (χ0) is 11.6. The first kappa shape index (κ1) is 10.8.